The summed E-state index contributed by atoms with van der Waals surface area (Å²) in [6.07, 6.45) is 0.715. The van der Waals surface area contributed by atoms with Crippen molar-refractivity contribution in [2.75, 3.05) is 6.26 Å². The molecule has 3 aromatic carbocycles. The van der Waals surface area contributed by atoms with E-state index in [2.05, 4.69) is 0 Å². The van der Waals surface area contributed by atoms with Crippen LogP contribution in [0.3, 0.4) is 0 Å². The molecule has 3 rings (SSSR count). The topological polar surface area (TPSA) is 115 Å². The minimum absolute atomic E-state index is 0.715. The maximum atomic E-state index is 9.19. The van der Waals surface area contributed by atoms with Gasteiger partial charge in [0.1, 0.15) is 0 Å². The van der Waals surface area contributed by atoms with Crippen molar-refractivity contribution in [3.63, 3.8) is 0 Å². The largest absolute Gasteiger partial charge is 0.325 e. The van der Waals surface area contributed by atoms with Crippen LogP contribution >= 0.6 is 36.1 Å². The average molecular weight is 475 g/mol. The molecule has 3 aromatic rings. The Morgan fingerprint density at radius 1 is 0.552 bits per heavy atom. The van der Waals surface area contributed by atoms with Crippen LogP contribution in [0.15, 0.2) is 106 Å². The van der Waals surface area contributed by atoms with Crippen molar-refractivity contribution in [1.82, 2.24) is 0 Å². The maximum absolute atomic E-state index is 9.19. The van der Waals surface area contributed by atoms with Crippen molar-refractivity contribution in [3.8, 4) is 0 Å². The molecule has 0 aliphatic carbocycles. The van der Waals surface area contributed by atoms with E-state index in [4.69, 9.17) is 18.2 Å². The van der Waals surface area contributed by atoms with Crippen LogP contribution < -0.4 is 0 Å². The van der Waals surface area contributed by atoms with E-state index < -0.39 is 10.1 Å². The molecule has 0 aliphatic rings. The van der Waals surface area contributed by atoms with E-state index in [1.807, 2.05) is 91.0 Å². The summed E-state index contributed by atoms with van der Waals surface area (Å²) >= 11 is 2.31. The molecule has 29 heavy (non-hydrogen) atoms. The fourth-order valence-electron chi connectivity index (χ4n) is 1.44. The summed E-state index contributed by atoms with van der Waals surface area (Å²) < 4.78 is 51.2. The normalized spacial score (nSPS) is 9.55. The molecule has 4 N–H and O–H groups in total. The third-order valence-electron chi connectivity index (χ3n) is 2.55. The van der Waals surface area contributed by atoms with Gasteiger partial charge in [0, 0.05) is 50.8 Å². The van der Waals surface area contributed by atoms with Gasteiger partial charge < -0.3 is 13.7 Å². The molecule has 6 nitrogen and oxygen atoms in total. The molecule has 0 amide bonds. The molecule has 0 atom stereocenters. The first-order valence-electron chi connectivity index (χ1n) is 7.82. The molecular weight excluding hydrogens is 452 g/mol. The van der Waals surface area contributed by atoms with Crippen LogP contribution in [0, 0.1) is 0 Å². The van der Waals surface area contributed by atoms with E-state index in [9.17, 15) is 8.42 Å². The molecule has 0 fully saturated rings. The lowest BCUT2D eigenvalue weighted by atomic mass is 10.4. The Kier molecular flexibility index (Phi) is 16.5. The highest BCUT2D eigenvalue weighted by molar-refractivity contribution is 7.94. The summed E-state index contributed by atoms with van der Waals surface area (Å²) in [6.45, 7) is 0. The fraction of sp³-hybridized carbons (Fsp3) is 0.0526. The van der Waals surface area contributed by atoms with Gasteiger partial charge in [-0.15, -0.1) is 0 Å². The second-order valence-electron chi connectivity index (χ2n) is 4.95. The summed E-state index contributed by atoms with van der Waals surface area (Å²) in [6, 6.07) is 28.2. The summed E-state index contributed by atoms with van der Waals surface area (Å²) in [5.41, 5.74) is 0. The van der Waals surface area contributed by atoms with E-state index in [-0.39, 0.29) is 0 Å². The lowest BCUT2D eigenvalue weighted by Gasteiger charge is -1.87. The molecule has 0 saturated heterocycles. The van der Waals surface area contributed by atoms with Gasteiger partial charge in [0.15, 0.2) is 0 Å². The number of benzene rings is 3. The fourth-order valence-corrected chi connectivity index (χ4v) is 2.28. The zero-order valence-corrected chi connectivity index (χ0v) is 18.7. The lowest BCUT2D eigenvalue weighted by molar-refractivity contribution is 0.490. The van der Waals surface area contributed by atoms with Crippen molar-refractivity contribution < 1.29 is 26.6 Å². The van der Waals surface area contributed by atoms with Gasteiger partial charge in [0.2, 0.25) is 0 Å². The minimum Gasteiger partial charge on any atom is -0.325 e. The molecule has 0 spiro atoms. The van der Waals surface area contributed by atoms with Crippen LogP contribution in [-0.4, -0.2) is 32.9 Å². The molecule has 0 heterocycles. The van der Waals surface area contributed by atoms with Gasteiger partial charge in [-0.05, 0) is 36.4 Å². The first kappa shape index (κ1) is 27.5. The van der Waals surface area contributed by atoms with Crippen molar-refractivity contribution in [2.45, 2.75) is 14.7 Å². The number of hydrogen-bond acceptors (Lipinski definition) is 8. The number of rotatable bonds is 3. The SMILES string of the molecule is CS(=O)(=O)O.OSc1ccccc1.OSc1ccccc1.OSc1ccccc1. The maximum Gasteiger partial charge on any atom is 0.261 e. The van der Waals surface area contributed by atoms with E-state index in [1.165, 1.54) is 0 Å². The summed E-state index contributed by atoms with van der Waals surface area (Å²) in [4.78, 5) is 2.65. The predicted octanol–water partition coefficient (Wildman–Crippen LogP) is 6.26. The Labute approximate surface area is 184 Å². The predicted molar refractivity (Wildman–Crippen MR) is 122 cm³/mol. The molecule has 0 aliphatic heterocycles. The second-order valence-corrected chi connectivity index (χ2v) is 8.37. The van der Waals surface area contributed by atoms with Gasteiger partial charge in [-0.2, -0.15) is 8.42 Å². The standard InChI is InChI=1S/3C6H6OS.CH4O3S/c3*7-8-6-4-2-1-3-5-6;1-5(2,3)4/h3*1-5,7H;1H3,(H,2,3,4). The minimum atomic E-state index is -3.67. The van der Waals surface area contributed by atoms with Crippen molar-refractivity contribution in [3.05, 3.63) is 91.0 Å². The van der Waals surface area contributed by atoms with Gasteiger partial charge in [-0.25, -0.2) is 0 Å². The molecule has 0 aromatic heterocycles. The van der Waals surface area contributed by atoms with E-state index in [0.717, 1.165) is 50.8 Å². The molecular formula is C19H22O6S4. The van der Waals surface area contributed by atoms with Crippen LogP contribution in [0.5, 0.6) is 0 Å². The van der Waals surface area contributed by atoms with Gasteiger partial charge in [-0.3, -0.25) is 4.55 Å². The Morgan fingerprint density at radius 2 is 0.724 bits per heavy atom. The molecule has 158 valence electrons. The van der Waals surface area contributed by atoms with Crippen molar-refractivity contribution in [1.29, 1.82) is 0 Å². The van der Waals surface area contributed by atoms with Gasteiger partial charge in [0.05, 0.1) is 6.26 Å². The highest BCUT2D eigenvalue weighted by atomic mass is 32.2. The van der Waals surface area contributed by atoms with Crippen LogP contribution in [0.2, 0.25) is 0 Å². The first-order valence-corrected chi connectivity index (χ1v) is 12.0. The molecule has 0 unspecified atom stereocenters. The molecule has 10 heteroatoms. The van der Waals surface area contributed by atoms with E-state index >= 15 is 0 Å². The van der Waals surface area contributed by atoms with Crippen LogP contribution in [0.1, 0.15) is 0 Å². The molecule has 0 radical (unpaired) electrons. The Morgan fingerprint density at radius 3 is 0.828 bits per heavy atom. The highest BCUT2D eigenvalue weighted by Crippen LogP contribution is 2.12. The van der Waals surface area contributed by atoms with Crippen LogP contribution in [-0.2, 0) is 10.1 Å². The summed E-state index contributed by atoms with van der Waals surface area (Å²) in [5.74, 6) is 0. The Hall–Kier alpha value is -1.50. The monoisotopic (exact) mass is 474 g/mol. The third-order valence-corrected chi connectivity index (χ3v) is 3.99. The average Bonchev–Trinajstić information content (AvgIpc) is 2.75. The van der Waals surface area contributed by atoms with Crippen molar-refractivity contribution >= 4 is 46.2 Å². The molecule has 0 saturated carbocycles. The Balaban J connectivity index is 0.000000367. The van der Waals surface area contributed by atoms with Gasteiger partial charge in [-0.1, -0.05) is 54.6 Å². The zero-order valence-electron chi connectivity index (χ0n) is 15.4. The van der Waals surface area contributed by atoms with Crippen LogP contribution in [0.25, 0.3) is 0 Å². The number of hydrogen-bond donors (Lipinski definition) is 4. The van der Waals surface area contributed by atoms with E-state index in [1.54, 1.807) is 0 Å². The van der Waals surface area contributed by atoms with Gasteiger partial charge >= 0.3 is 0 Å². The summed E-state index contributed by atoms with van der Waals surface area (Å²) in [5, 5.41) is 0. The quantitative estimate of drug-likeness (QED) is 0.258. The van der Waals surface area contributed by atoms with E-state index in [0.29, 0.717) is 6.26 Å². The smallest absolute Gasteiger partial charge is 0.261 e. The Bertz CT molecular complexity index is 746. The first-order chi connectivity index (χ1) is 13.8. The van der Waals surface area contributed by atoms with Crippen molar-refractivity contribution in [2.24, 2.45) is 0 Å². The molecule has 0 bridgehead atoms. The zero-order chi connectivity index (χ0) is 22.0. The summed E-state index contributed by atoms with van der Waals surface area (Å²) in [7, 11) is -3.67. The van der Waals surface area contributed by atoms with Crippen LogP contribution in [0.4, 0.5) is 0 Å². The second kappa shape index (κ2) is 17.4. The highest BCUT2D eigenvalue weighted by Gasteiger charge is 1.84. The van der Waals surface area contributed by atoms with Gasteiger partial charge in [0.25, 0.3) is 10.1 Å². The lowest BCUT2D eigenvalue weighted by Crippen LogP contribution is -1.88. The third kappa shape index (κ3) is 19.6.